The van der Waals surface area contributed by atoms with Gasteiger partial charge in [-0.15, -0.1) is 0 Å². The van der Waals surface area contributed by atoms with Crippen molar-refractivity contribution in [3.05, 3.63) is 29.6 Å². The summed E-state index contributed by atoms with van der Waals surface area (Å²) in [5.74, 6) is 0. The molecule has 1 rings (SSSR count). The Morgan fingerprint density at radius 3 is 2.62 bits per heavy atom. The van der Waals surface area contributed by atoms with Crippen LogP contribution in [0.5, 0.6) is 0 Å². The summed E-state index contributed by atoms with van der Waals surface area (Å²) >= 11 is 0. The molecule has 0 aliphatic rings. The number of rotatable bonds is 3. The van der Waals surface area contributed by atoms with E-state index in [1.807, 2.05) is 12.4 Å². The number of nitrogens with zero attached hydrogens (tertiary/aromatic N) is 1. The van der Waals surface area contributed by atoms with Gasteiger partial charge in [0, 0.05) is 12.4 Å². The fraction of sp³-hybridized carbons (Fsp3) is 0.545. The largest absolute Gasteiger partial charge is 0.330 e. The van der Waals surface area contributed by atoms with Crippen molar-refractivity contribution in [1.82, 2.24) is 4.98 Å². The molecule has 2 N–H and O–H groups in total. The Balaban J connectivity index is 2.74. The molecule has 0 spiro atoms. The molecule has 0 saturated heterocycles. The third kappa shape index (κ3) is 3.15. The summed E-state index contributed by atoms with van der Waals surface area (Å²) in [6.07, 6.45) is 4.79. The average Bonchev–Trinajstić information content (AvgIpc) is 2.03. The van der Waals surface area contributed by atoms with Crippen molar-refractivity contribution < 1.29 is 0 Å². The first-order valence-electron chi connectivity index (χ1n) is 4.64. The maximum Gasteiger partial charge on any atom is 0.0300 e. The smallest absolute Gasteiger partial charge is 0.0300 e. The molecule has 0 radical (unpaired) electrons. The van der Waals surface area contributed by atoms with Crippen LogP contribution in [-0.4, -0.2) is 11.5 Å². The lowest BCUT2D eigenvalue weighted by molar-refractivity contribution is 0.376. The molecule has 13 heavy (non-hydrogen) atoms. The fourth-order valence-electron chi connectivity index (χ4n) is 1.34. The predicted octanol–water partition coefficient (Wildman–Crippen LogP) is 1.92. The van der Waals surface area contributed by atoms with Crippen LogP contribution in [0.15, 0.2) is 18.5 Å². The fourth-order valence-corrected chi connectivity index (χ4v) is 1.34. The molecule has 1 aromatic heterocycles. The highest BCUT2D eigenvalue weighted by Gasteiger charge is 2.16. The minimum atomic E-state index is 0.176. The predicted molar refractivity (Wildman–Crippen MR) is 55.5 cm³/mol. The summed E-state index contributed by atoms with van der Waals surface area (Å²) < 4.78 is 0. The molecule has 1 heterocycles. The van der Waals surface area contributed by atoms with Gasteiger partial charge in [-0.05, 0) is 36.4 Å². The van der Waals surface area contributed by atoms with Crippen LogP contribution in [-0.2, 0) is 6.42 Å². The maximum absolute atomic E-state index is 5.67. The number of hydrogen-bond donors (Lipinski definition) is 1. The lowest BCUT2D eigenvalue weighted by Crippen LogP contribution is -2.25. The molecule has 0 aliphatic heterocycles. The minimum absolute atomic E-state index is 0.176. The zero-order valence-corrected chi connectivity index (χ0v) is 8.67. The van der Waals surface area contributed by atoms with Crippen molar-refractivity contribution >= 4 is 0 Å². The Hall–Kier alpha value is -0.890. The summed E-state index contributed by atoms with van der Waals surface area (Å²) in [5, 5.41) is 0. The van der Waals surface area contributed by atoms with Gasteiger partial charge in [0.15, 0.2) is 0 Å². The van der Waals surface area contributed by atoms with E-state index in [4.69, 9.17) is 5.73 Å². The van der Waals surface area contributed by atoms with Gasteiger partial charge in [-0.2, -0.15) is 0 Å². The monoisotopic (exact) mass is 178 g/mol. The molecule has 1 aromatic rings. The summed E-state index contributed by atoms with van der Waals surface area (Å²) in [6, 6.07) is 2.17. The normalized spacial score (nSPS) is 11.7. The molecule has 0 atom stereocenters. The number of aromatic nitrogens is 1. The van der Waals surface area contributed by atoms with Crippen molar-refractivity contribution in [2.45, 2.75) is 27.2 Å². The molecular formula is C11H18N2. The Labute approximate surface area is 80.2 Å². The van der Waals surface area contributed by atoms with E-state index in [-0.39, 0.29) is 5.41 Å². The van der Waals surface area contributed by atoms with Crippen LogP contribution in [0.4, 0.5) is 0 Å². The van der Waals surface area contributed by atoms with E-state index in [9.17, 15) is 0 Å². The van der Waals surface area contributed by atoms with Gasteiger partial charge in [0.2, 0.25) is 0 Å². The molecule has 0 bridgehead atoms. The van der Waals surface area contributed by atoms with Crippen LogP contribution in [0.25, 0.3) is 0 Å². The summed E-state index contributed by atoms with van der Waals surface area (Å²) in [5.41, 5.74) is 8.33. The molecule has 0 aliphatic carbocycles. The lowest BCUT2D eigenvalue weighted by atomic mass is 9.86. The lowest BCUT2D eigenvalue weighted by Gasteiger charge is -2.22. The second-order valence-corrected chi connectivity index (χ2v) is 4.42. The van der Waals surface area contributed by atoms with Crippen LogP contribution in [0.1, 0.15) is 25.0 Å². The van der Waals surface area contributed by atoms with Crippen LogP contribution in [0.2, 0.25) is 0 Å². The average molecular weight is 178 g/mol. The zero-order valence-electron chi connectivity index (χ0n) is 8.67. The zero-order chi connectivity index (χ0) is 9.90. The topological polar surface area (TPSA) is 38.9 Å². The summed E-state index contributed by atoms with van der Waals surface area (Å²) in [4.78, 5) is 4.16. The number of aryl methyl sites for hydroxylation is 1. The van der Waals surface area contributed by atoms with E-state index in [2.05, 4.69) is 31.8 Å². The first-order chi connectivity index (χ1) is 6.03. The van der Waals surface area contributed by atoms with Crippen LogP contribution in [0.3, 0.4) is 0 Å². The summed E-state index contributed by atoms with van der Waals surface area (Å²) in [6.45, 7) is 7.12. The van der Waals surface area contributed by atoms with Gasteiger partial charge in [-0.3, -0.25) is 4.98 Å². The van der Waals surface area contributed by atoms with Crippen molar-refractivity contribution in [3.63, 3.8) is 0 Å². The van der Waals surface area contributed by atoms with Crippen molar-refractivity contribution in [1.29, 1.82) is 0 Å². The second-order valence-electron chi connectivity index (χ2n) is 4.42. The molecule has 0 fully saturated rings. The Morgan fingerprint density at radius 1 is 1.38 bits per heavy atom. The van der Waals surface area contributed by atoms with Gasteiger partial charge >= 0.3 is 0 Å². The third-order valence-electron chi connectivity index (χ3n) is 2.17. The Bertz CT molecular complexity index is 279. The highest BCUT2D eigenvalue weighted by Crippen LogP contribution is 2.19. The molecule has 2 nitrogen and oxygen atoms in total. The molecule has 0 amide bonds. The van der Waals surface area contributed by atoms with Gasteiger partial charge in [0.05, 0.1) is 0 Å². The quantitative estimate of drug-likeness (QED) is 0.768. The van der Waals surface area contributed by atoms with Crippen molar-refractivity contribution in [3.8, 4) is 0 Å². The molecular weight excluding hydrogens is 160 g/mol. The number of pyridine rings is 1. The van der Waals surface area contributed by atoms with Gasteiger partial charge in [-0.25, -0.2) is 0 Å². The van der Waals surface area contributed by atoms with Gasteiger partial charge in [0.1, 0.15) is 0 Å². The van der Waals surface area contributed by atoms with Crippen molar-refractivity contribution in [2.24, 2.45) is 11.1 Å². The SMILES string of the molecule is Cc1cncc(CC(C)(C)CN)c1. The molecule has 0 saturated carbocycles. The van der Waals surface area contributed by atoms with E-state index < -0.39 is 0 Å². The van der Waals surface area contributed by atoms with Crippen LogP contribution in [0, 0.1) is 12.3 Å². The standard InChI is InChI=1S/C11H18N2/c1-9-4-10(7-13-6-9)5-11(2,3)8-12/h4,6-7H,5,8,12H2,1-3H3. The second kappa shape index (κ2) is 3.88. The minimum Gasteiger partial charge on any atom is -0.330 e. The van der Waals surface area contributed by atoms with E-state index in [1.54, 1.807) is 0 Å². The first kappa shape index (κ1) is 10.2. The molecule has 72 valence electrons. The third-order valence-corrected chi connectivity index (χ3v) is 2.17. The maximum atomic E-state index is 5.67. The van der Waals surface area contributed by atoms with Gasteiger partial charge in [-0.1, -0.05) is 19.9 Å². The van der Waals surface area contributed by atoms with E-state index in [0.717, 1.165) is 6.42 Å². The highest BCUT2D eigenvalue weighted by molar-refractivity contribution is 5.17. The Kier molecular flexibility index (Phi) is 3.04. The van der Waals surface area contributed by atoms with Crippen molar-refractivity contribution in [2.75, 3.05) is 6.54 Å². The molecule has 2 heteroatoms. The summed E-state index contributed by atoms with van der Waals surface area (Å²) in [7, 11) is 0. The molecule has 0 aromatic carbocycles. The van der Waals surface area contributed by atoms with Gasteiger partial charge < -0.3 is 5.73 Å². The molecule has 0 unspecified atom stereocenters. The van der Waals surface area contributed by atoms with E-state index in [1.165, 1.54) is 11.1 Å². The van der Waals surface area contributed by atoms with Gasteiger partial charge in [0.25, 0.3) is 0 Å². The van der Waals surface area contributed by atoms with E-state index in [0.29, 0.717) is 6.54 Å². The van der Waals surface area contributed by atoms with Crippen LogP contribution < -0.4 is 5.73 Å². The van der Waals surface area contributed by atoms with Crippen LogP contribution >= 0.6 is 0 Å². The number of hydrogen-bond acceptors (Lipinski definition) is 2. The Morgan fingerprint density at radius 2 is 2.08 bits per heavy atom. The number of nitrogens with two attached hydrogens (primary N) is 1. The van der Waals surface area contributed by atoms with E-state index >= 15 is 0 Å². The highest BCUT2D eigenvalue weighted by atomic mass is 14.6. The first-order valence-corrected chi connectivity index (χ1v) is 4.64.